The fourth-order valence-electron chi connectivity index (χ4n) is 9.42. The highest BCUT2D eigenvalue weighted by Gasteiger charge is 2.46. The Morgan fingerprint density at radius 1 is 0.603 bits per heavy atom. The molecule has 0 saturated carbocycles. The molecule has 2 aliphatic carbocycles. The van der Waals surface area contributed by atoms with Crippen LogP contribution >= 0.6 is 0 Å². The lowest BCUT2D eigenvalue weighted by Crippen LogP contribution is -2.28. The Hall–Kier alpha value is -6.90. The molecule has 278 valence electrons. The number of hydrogen-bond donors (Lipinski definition) is 0. The Balaban J connectivity index is 1.02. The summed E-state index contributed by atoms with van der Waals surface area (Å²) < 4.78 is 0. The van der Waals surface area contributed by atoms with Crippen LogP contribution in [0.2, 0.25) is 0 Å². The summed E-state index contributed by atoms with van der Waals surface area (Å²) in [6.45, 7) is 0.814. The molecule has 58 heavy (non-hydrogen) atoms. The Kier molecular flexibility index (Phi) is 9.31. The highest BCUT2D eigenvalue weighted by molar-refractivity contribution is 6.51. The Morgan fingerprint density at radius 2 is 1.26 bits per heavy atom. The van der Waals surface area contributed by atoms with Gasteiger partial charge in [0.05, 0.1) is 16.8 Å². The van der Waals surface area contributed by atoms with Gasteiger partial charge in [-0.05, 0) is 127 Å². The van der Waals surface area contributed by atoms with Crippen molar-refractivity contribution in [3.8, 4) is 33.4 Å². The van der Waals surface area contributed by atoms with Crippen molar-refractivity contribution in [3.63, 3.8) is 0 Å². The van der Waals surface area contributed by atoms with Gasteiger partial charge in [-0.15, -0.1) is 0 Å². The van der Waals surface area contributed by atoms with Crippen molar-refractivity contribution < 1.29 is 0 Å². The number of nitrogens with zero attached hydrogens (tertiary/aromatic N) is 2. The predicted molar refractivity (Wildman–Crippen MR) is 246 cm³/mol. The van der Waals surface area contributed by atoms with Crippen LogP contribution in [0, 0.1) is 0 Å². The van der Waals surface area contributed by atoms with Crippen molar-refractivity contribution in [2.45, 2.75) is 24.7 Å². The standard InChI is InChI=1S/C56H44N2/c1-57-54(53-26-13-14-35-58-53)38-50(40-16-5-2-6-17-40)41-29-27-39(28-30-41)42-31-32-44-37-45(34-33-43(44)36-42)48-23-15-25-52-55(48)49-22-11-12-24-51(49)56(52,46-18-7-3-8-19-46)47-20-9-4-10-21-47/h2-5,7-13,15-16,18-34,36-38H,6,14,17,35H2,1H3/b50-38+,57-54?. The molecule has 2 heteroatoms. The summed E-state index contributed by atoms with van der Waals surface area (Å²) >= 11 is 0. The zero-order chi connectivity index (χ0) is 38.9. The summed E-state index contributed by atoms with van der Waals surface area (Å²) in [4.78, 5) is 9.43. The van der Waals surface area contributed by atoms with Crippen molar-refractivity contribution in [2.24, 2.45) is 9.98 Å². The molecule has 0 aromatic heterocycles. The summed E-state index contributed by atoms with van der Waals surface area (Å²) in [5.74, 6) is 0. The van der Waals surface area contributed by atoms with Crippen molar-refractivity contribution in [2.75, 3.05) is 13.6 Å². The first-order valence-corrected chi connectivity index (χ1v) is 20.5. The highest BCUT2D eigenvalue weighted by Crippen LogP contribution is 2.58. The molecule has 7 aromatic rings. The molecule has 1 aliphatic heterocycles. The van der Waals surface area contributed by atoms with Gasteiger partial charge < -0.3 is 0 Å². The molecule has 0 amide bonds. The van der Waals surface area contributed by atoms with E-state index in [0.717, 1.165) is 37.2 Å². The van der Waals surface area contributed by atoms with Gasteiger partial charge in [0.15, 0.2) is 0 Å². The minimum atomic E-state index is -0.417. The number of dihydropyridines is 1. The van der Waals surface area contributed by atoms with Gasteiger partial charge in [0.25, 0.3) is 0 Å². The lowest BCUT2D eigenvalue weighted by atomic mass is 9.67. The summed E-state index contributed by atoms with van der Waals surface area (Å²) in [6.07, 6.45) is 16.2. The molecule has 7 aromatic carbocycles. The van der Waals surface area contributed by atoms with E-state index >= 15 is 0 Å². The van der Waals surface area contributed by atoms with Gasteiger partial charge >= 0.3 is 0 Å². The van der Waals surface area contributed by atoms with Gasteiger partial charge in [0.2, 0.25) is 0 Å². The molecule has 3 aliphatic rings. The third-order valence-electron chi connectivity index (χ3n) is 12.2. The molecule has 10 rings (SSSR count). The molecule has 0 N–H and O–H groups in total. The fourth-order valence-corrected chi connectivity index (χ4v) is 9.42. The van der Waals surface area contributed by atoms with Crippen molar-refractivity contribution in [1.82, 2.24) is 0 Å². The number of fused-ring (bicyclic) bond motifs is 4. The maximum Gasteiger partial charge on any atom is 0.0829 e. The quantitative estimate of drug-likeness (QED) is 0.138. The zero-order valence-electron chi connectivity index (χ0n) is 32.8. The average Bonchev–Trinajstić information content (AvgIpc) is 3.62. The monoisotopic (exact) mass is 744 g/mol. The summed E-state index contributed by atoms with van der Waals surface area (Å²) in [6, 6.07) is 60.9. The van der Waals surface area contributed by atoms with Gasteiger partial charge in [-0.25, -0.2) is 0 Å². The summed E-state index contributed by atoms with van der Waals surface area (Å²) in [5, 5.41) is 2.46. The van der Waals surface area contributed by atoms with Gasteiger partial charge in [-0.2, -0.15) is 0 Å². The Bertz CT molecular complexity index is 2830. The van der Waals surface area contributed by atoms with E-state index < -0.39 is 5.41 Å². The van der Waals surface area contributed by atoms with E-state index in [1.807, 2.05) is 7.05 Å². The van der Waals surface area contributed by atoms with Crippen molar-refractivity contribution in [1.29, 1.82) is 0 Å². The fraction of sp³-hybridized carbons (Fsp3) is 0.107. The first-order chi connectivity index (χ1) is 28.7. The molecular formula is C56H44N2. The predicted octanol–water partition coefficient (Wildman–Crippen LogP) is 13.7. The third kappa shape index (κ3) is 6.13. The second-order valence-corrected chi connectivity index (χ2v) is 15.4. The SMILES string of the molecule is CN=C(/C=C(\C1=CC=CCC1)c1ccc(-c2ccc3cc(-c4cccc5c4-c4ccccc4C5(c4ccccc4)c4ccccc4)ccc3c2)cc1)C1=NCCC=C1. The van der Waals surface area contributed by atoms with E-state index in [2.05, 4.69) is 205 Å². The third-order valence-corrected chi connectivity index (χ3v) is 12.2. The van der Waals surface area contributed by atoms with Gasteiger partial charge in [0, 0.05) is 13.6 Å². The van der Waals surface area contributed by atoms with Crippen LogP contribution in [-0.2, 0) is 5.41 Å². The zero-order valence-corrected chi connectivity index (χ0v) is 32.8. The van der Waals surface area contributed by atoms with E-state index in [9.17, 15) is 0 Å². The molecule has 2 nitrogen and oxygen atoms in total. The Morgan fingerprint density at radius 3 is 1.95 bits per heavy atom. The lowest BCUT2D eigenvalue weighted by molar-refractivity contribution is 0.768. The van der Waals surface area contributed by atoms with E-state index in [4.69, 9.17) is 4.99 Å². The maximum atomic E-state index is 4.77. The number of rotatable bonds is 8. The van der Waals surface area contributed by atoms with Crippen LogP contribution in [0.3, 0.4) is 0 Å². The smallest absolute Gasteiger partial charge is 0.0829 e. The van der Waals surface area contributed by atoms with Crippen molar-refractivity contribution in [3.05, 3.63) is 234 Å². The van der Waals surface area contributed by atoms with Gasteiger partial charge in [-0.3, -0.25) is 9.98 Å². The first-order valence-electron chi connectivity index (χ1n) is 20.5. The van der Waals surface area contributed by atoms with Crippen LogP contribution in [0.4, 0.5) is 0 Å². The average molecular weight is 745 g/mol. The molecule has 0 spiro atoms. The topological polar surface area (TPSA) is 24.7 Å². The molecule has 0 bridgehead atoms. The van der Waals surface area contributed by atoms with E-state index in [1.54, 1.807) is 0 Å². The van der Waals surface area contributed by atoms with Crippen LogP contribution in [0.25, 0.3) is 49.7 Å². The normalized spacial score (nSPS) is 15.8. The maximum absolute atomic E-state index is 4.77. The molecule has 0 radical (unpaired) electrons. The van der Waals surface area contributed by atoms with Gasteiger partial charge in [-0.1, -0.05) is 176 Å². The van der Waals surface area contributed by atoms with Crippen LogP contribution < -0.4 is 0 Å². The Labute approximate surface area is 341 Å². The van der Waals surface area contributed by atoms with Crippen LogP contribution in [0.5, 0.6) is 0 Å². The number of aliphatic imine (C=N–C) groups is 2. The first kappa shape index (κ1) is 35.5. The van der Waals surface area contributed by atoms with E-state index in [1.165, 1.54) is 83.1 Å². The van der Waals surface area contributed by atoms with Crippen LogP contribution in [0.1, 0.15) is 47.1 Å². The van der Waals surface area contributed by atoms with Crippen LogP contribution in [-0.4, -0.2) is 25.0 Å². The second-order valence-electron chi connectivity index (χ2n) is 15.4. The molecule has 1 heterocycles. The van der Waals surface area contributed by atoms with Crippen molar-refractivity contribution >= 4 is 27.8 Å². The highest BCUT2D eigenvalue weighted by atomic mass is 14.8. The van der Waals surface area contributed by atoms with Crippen LogP contribution in [0.15, 0.2) is 216 Å². The number of allylic oxidation sites excluding steroid dienone is 7. The lowest BCUT2D eigenvalue weighted by Gasteiger charge is -2.34. The minimum absolute atomic E-state index is 0.417. The molecule has 0 unspecified atom stereocenters. The van der Waals surface area contributed by atoms with Gasteiger partial charge in [0.1, 0.15) is 0 Å². The largest absolute Gasteiger partial charge is 0.286 e. The molecule has 0 fully saturated rings. The number of hydrogen-bond acceptors (Lipinski definition) is 2. The summed E-state index contributed by atoms with van der Waals surface area (Å²) in [7, 11) is 1.86. The summed E-state index contributed by atoms with van der Waals surface area (Å²) in [5.41, 5.74) is 17.9. The number of benzene rings is 7. The second kappa shape index (κ2) is 15.2. The molecular weight excluding hydrogens is 701 g/mol. The molecule has 0 saturated heterocycles. The van der Waals surface area contributed by atoms with E-state index in [0.29, 0.717) is 0 Å². The minimum Gasteiger partial charge on any atom is -0.286 e. The molecule has 0 atom stereocenters. The van der Waals surface area contributed by atoms with E-state index in [-0.39, 0.29) is 0 Å².